The fraction of sp³-hybridized carbons (Fsp3) is 0. The molecule has 0 amide bonds. The number of hydrogen-bond donors (Lipinski definition) is 0. The zero-order valence-electron chi connectivity index (χ0n) is 33.2. The molecule has 0 aliphatic rings. The smallest absolute Gasteiger partial charge is 0.135 e. The number of rotatable bonds is 7. The van der Waals surface area contributed by atoms with Gasteiger partial charge in [-0.25, -0.2) is 0 Å². The van der Waals surface area contributed by atoms with E-state index in [2.05, 4.69) is 228 Å². The normalized spacial score (nSPS) is 11.6. The molecule has 1 heterocycles. The van der Waals surface area contributed by atoms with Gasteiger partial charge in [0.1, 0.15) is 11.2 Å². The van der Waals surface area contributed by atoms with E-state index in [1.54, 1.807) is 0 Å². The molecule has 3 nitrogen and oxygen atoms in total. The fourth-order valence-corrected chi connectivity index (χ4v) is 9.45. The second-order valence-corrected chi connectivity index (χ2v) is 15.7. The number of furan rings is 1. The summed E-state index contributed by atoms with van der Waals surface area (Å²) in [5, 5.41) is 12.1. The van der Waals surface area contributed by atoms with Gasteiger partial charge in [0, 0.05) is 44.8 Å². The van der Waals surface area contributed by atoms with Crippen LogP contribution in [0, 0.1) is 0 Å². The Hall–Kier alpha value is -8.14. The first-order valence-electron chi connectivity index (χ1n) is 20.8. The van der Waals surface area contributed by atoms with Crippen LogP contribution in [-0.4, -0.2) is 0 Å². The van der Waals surface area contributed by atoms with Crippen LogP contribution in [0.15, 0.2) is 235 Å². The van der Waals surface area contributed by atoms with E-state index in [-0.39, 0.29) is 0 Å². The first kappa shape index (κ1) is 34.9. The molecule has 0 N–H and O–H groups in total. The number of para-hydroxylation sites is 4. The van der Waals surface area contributed by atoms with Crippen molar-refractivity contribution in [2.75, 3.05) is 9.80 Å². The monoisotopic (exact) mass is 778 g/mol. The third-order valence-corrected chi connectivity index (χ3v) is 12.2. The number of anilines is 6. The molecule has 0 bridgehead atoms. The lowest BCUT2D eigenvalue weighted by molar-refractivity contribution is 0.669. The van der Waals surface area contributed by atoms with Gasteiger partial charge in [-0.05, 0) is 128 Å². The van der Waals surface area contributed by atoms with Crippen LogP contribution in [-0.2, 0) is 0 Å². The van der Waals surface area contributed by atoms with Gasteiger partial charge in [-0.3, -0.25) is 0 Å². The highest BCUT2D eigenvalue weighted by Gasteiger charge is 2.20. The SMILES string of the molecule is c1ccc(-c2ccccc2N(c2ccccc2)c2ccc3c(ccc4c5ccc(N(c6ccccc6)c6ccc7oc8ccccc8c7c6)cc5c5ccccc5c34)c2)cc1. The van der Waals surface area contributed by atoms with Crippen molar-refractivity contribution in [3.05, 3.63) is 231 Å². The van der Waals surface area contributed by atoms with Gasteiger partial charge in [0.25, 0.3) is 0 Å². The van der Waals surface area contributed by atoms with Crippen LogP contribution in [0.5, 0.6) is 0 Å². The molecule has 0 fully saturated rings. The van der Waals surface area contributed by atoms with Crippen molar-refractivity contribution in [1.82, 2.24) is 0 Å². The van der Waals surface area contributed by atoms with Crippen LogP contribution in [0.4, 0.5) is 34.1 Å². The van der Waals surface area contributed by atoms with Gasteiger partial charge >= 0.3 is 0 Å². The summed E-state index contributed by atoms with van der Waals surface area (Å²) in [7, 11) is 0. The predicted molar refractivity (Wildman–Crippen MR) is 259 cm³/mol. The summed E-state index contributed by atoms with van der Waals surface area (Å²) in [5.41, 5.74) is 10.8. The lowest BCUT2D eigenvalue weighted by atomic mass is 9.90. The molecule has 3 heteroatoms. The molecule has 0 aliphatic heterocycles. The molecule has 0 aliphatic carbocycles. The Morgan fingerprint density at radius 3 is 1.56 bits per heavy atom. The molecule has 0 saturated carbocycles. The maximum Gasteiger partial charge on any atom is 0.135 e. The quantitative estimate of drug-likeness (QED) is 0.150. The van der Waals surface area contributed by atoms with Crippen LogP contribution in [0.3, 0.4) is 0 Å². The van der Waals surface area contributed by atoms with Crippen molar-refractivity contribution in [1.29, 1.82) is 0 Å². The van der Waals surface area contributed by atoms with Crippen LogP contribution in [0.2, 0.25) is 0 Å². The maximum atomic E-state index is 6.23. The summed E-state index contributed by atoms with van der Waals surface area (Å²) in [6, 6.07) is 83.0. The molecule has 0 atom stereocenters. The second kappa shape index (κ2) is 14.3. The van der Waals surface area contributed by atoms with Gasteiger partial charge in [-0.2, -0.15) is 0 Å². The van der Waals surface area contributed by atoms with E-state index in [4.69, 9.17) is 4.42 Å². The summed E-state index contributed by atoms with van der Waals surface area (Å²) < 4.78 is 6.23. The van der Waals surface area contributed by atoms with Crippen molar-refractivity contribution in [2.45, 2.75) is 0 Å². The Bertz CT molecular complexity index is 3580. The van der Waals surface area contributed by atoms with Crippen molar-refractivity contribution < 1.29 is 4.42 Å². The average molecular weight is 779 g/mol. The van der Waals surface area contributed by atoms with Crippen LogP contribution < -0.4 is 9.80 Å². The minimum atomic E-state index is 0.887. The Labute approximate surface area is 353 Å². The van der Waals surface area contributed by atoms with E-state index in [9.17, 15) is 0 Å². The topological polar surface area (TPSA) is 19.6 Å². The molecule has 0 radical (unpaired) electrons. The van der Waals surface area contributed by atoms with E-state index in [1.165, 1.54) is 54.2 Å². The molecule has 0 saturated heterocycles. The zero-order chi connectivity index (χ0) is 40.3. The Morgan fingerprint density at radius 2 is 0.787 bits per heavy atom. The molecule has 0 unspecified atom stereocenters. The summed E-state index contributed by atoms with van der Waals surface area (Å²) in [6.45, 7) is 0. The molecule has 0 spiro atoms. The average Bonchev–Trinajstić information content (AvgIpc) is 3.71. The molecule has 286 valence electrons. The van der Waals surface area contributed by atoms with Gasteiger partial charge in [-0.1, -0.05) is 152 Å². The Balaban J connectivity index is 1.04. The highest BCUT2D eigenvalue weighted by molar-refractivity contribution is 6.32. The first-order chi connectivity index (χ1) is 30.3. The number of benzene rings is 11. The van der Waals surface area contributed by atoms with Crippen molar-refractivity contribution in [3.63, 3.8) is 0 Å². The third kappa shape index (κ3) is 5.82. The van der Waals surface area contributed by atoms with E-state index >= 15 is 0 Å². The number of nitrogens with zero attached hydrogens (tertiary/aromatic N) is 2. The largest absolute Gasteiger partial charge is 0.456 e. The Kier molecular flexibility index (Phi) is 8.17. The number of hydrogen-bond acceptors (Lipinski definition) is 3. The summed E-state index contributed by atoms with van der Waals surface area (Å²) in [5.74, 6) is 0. The predicted octanol–water partition coefficient (Wildman–Crippen LogP) is 16.8. The molecule has 11 aromatic carbocycles. The minimum Gasteiger partial charge on any atom is -0.456 e. The molecule has 1 aromatic heterocycles. The van der Waals surface area contributed by atoms with Crippen LogP contribution in [0.1, 0.15) is 0 Å². The zero-order valence-corrected chi connectivity index (χ0v) is 33.2. The third-order valence-electron chi connectivity index (χ3n) is 12.2. The van der Waals surface area contributed by atoms with Gasteiger partial charge in [0.15, 0.2) is 0 Å². The standard InChI is InChI=1S/C58H38N2O/c1-4-16-39(17-5-1)46-22-12-14-26-55(46)60(42-20-8-3-9-21-42)43-29-33-47-40(36-43)28-32-52-49-34-30-44(37-53(49)48-23-10-11-25-51(48)58(47)52)59(41-18-6-2-7-19-41)45-31-35-57-54(38-45)50-24-13-15-27-56(50)61-57/h1-38H. The highest BCUT2D eigenvalue weighted by Crippen LogP contribution is 2.46. The minimum absolute atomic E-state index is 0.887. The van der Waals surface area contributed by atoms with Crippen LogP contribution >= 0.6 is 0 Å². The van der Waals surface area contributed by atoms with E-state index < -0.39 is 0 Å². The molecule has 12 rings (SSSR count). The maximum absolute atomic E-state index is 6.23. The van der Waals surface area contributed by atoms with Gasteiger partial charge in [0.2, 0.25) is 0 Å². The van der Waals surface area contributed by atoms with Gasteiger partial charge < -0.3 is 14.2 Å². The Morgan fingerprint density at radius 1 is 0.279 bits per heavy atom. The second-order valence-electron chi connectivity index (χ2n) is 15.7. The van der Waals surface area contributed by atoms with Crippen LogP contribution in [0.25, 0.3) is 76.2 Å². The lowest BCUT2D eigenvalue weighted by Crippen LogP contribution is -2.11. The number of fused-ring (bicyclic) bond motifs is 11. The molecular weight excluding hydrogens is 741 g/mol. The van der Waals surface area contributed by atoms with Crippen molar-refractivity contribution >= 4 is 99.2 Å². The van der Waals surface area contributed by atoms with E-state index in [0.29, 0.717) is 0 Å². The fourth-order valence-electron chi connectivity index (χ4n) is 9.45. The molecule has 12 aromatic rings. The van der Waals surface area contributed by atoms with Crippen molar-refractivity contribution in [3.8, 4) is 11.1 Å². The first-order valence-corrected chi connectivity index (χ1v) is 20.8. The van der Waals surface area contributed by atoms with Gasteiger partial charge in [0.05, 0.1) is 5.69 Å². The highest BCUT2D eigenvalue weighted by atomic mass is 16.3. The summed E-state index contributed by atoms with van der Waals surface area (Å²) >= 11 is 0. The van der Waals surface area contributed by atoms with E-state index in [0.717, 1.165) is 56.1 Å². The summed E-state index contributed by atoms with van der Waals surface area (Å²) in [6.07, 6.45) is 0. The summed E-state index contributed by atoms with van der Waals surface area (Å²) in [4.78, 5) is 4.74. The van der Waals surface area contributed by atoms with Gasteiger partial charge in [-0.15, -0.1) is 0 Å². The van der Waals surface area contributed by atoms with E-state index in [1.807, 2.05) is 12.1 Å². The van der Waals surface area contributed by atoms with Crippen molar-refractivity contribution in [2.24, 2.45) is 0 Å². The molecule has 61 heavy (non-hydrogen) atoms. The lowest BCUT2D eigenvalue weighted by Gasteiger charge is -2.28. The molecular formula is C58H38N2O.